The second kappa shape index (κ2) is 7.69. The van der Waals surface area contributed by atoms with E-state index in [1.807, 2.05) is 43.3 Å². The van der Waals surface area contributed by atoms with Crippen LogP contribution in [0.1, 0.15) is 24.5 Å². The fourth-order valence-corrected chi connectivity index (χ4v) is 2.51. The molecule has 0 unspecified atom stereocenters. The van der Waals surface area contributed by atoms with E-state index in [9.17, 15) is 0 Å². The van der Waals surface area contributed by atoms with E-state index in [0.29, 0.717) is 28.1 Å². The third-order valence-electron chi connectivity index (χ3n) is 3.09. The summed E-state index contributed by atoms with van der Waals surface area (Å²) in [6, 6.07) is 11.5. The molecule has 0 heterocycles. The zero-order chi connectivity index (χ0) is 15.2. The fraction of sp³-hybridized carbons (Fsp3) is 0.294. The number of ether oxygens (including phenoxy) is 1. The van der Waals surface area contributed by atoms with Crippen molar-refractivity contribution in [3.05, 3.63) is 57.6 Å². The first-order valence-electron chi connectivity index (χ1n) is 7.04. The van der Waals surface area contributed by atoms with Crippen LogP contribution >= 0.6 is 23.2 Å². The van der Waals surface area contributed by atoms with Crippen molar-refractivity contribution >= 4 is 23.2 Å². The normalized spacial score (nSPS) is 10.7. The Hall–Kier alpha value is -1.22. The Morgan fingerprint density at radius 2 is 1.90 bits per heavy atom. The van der Waals surface area contributed by atoms with Crippen LogP contribution in [0.25, 0.3) is 0 Å². The molecule has 0 radical (unpaired) electrons. The maximum atomic E-state index is 6.28. The first-order chi connectivity index (χ1) is 10.1. The smallest absolute Gasteiger partial charge is 0.150 e. The van der Waals surface area contributed by atoms with Crippen molar-refractivity contribution in [1.29, 1.82) is 0 Å². The maximum Gasteiger partial charge on any atom is 0.150 e. The Morgan fingerprint density at radius 3 is 2.62 bits per heavy atom. The van der Waals surface area contributed by atoms with E-state index in [1.54, 1.807) is 0 Å². The van der Waals surface area contributed by atoms with Gasteiger partial charge in [-0.3, -0.25) is 0 Å². The SMILES string of the molecule is CCCNCc1cccc(Cl)c1Oc1ccc(C)cc1Cl. The topological polar surface area (TPSA) is 21.3 Å². The van der Waals surface area contributed by atoms with Crippen LogP contribution in [-0.4, -0.2) is 6.54 Å². The molecule has 2 rings (SSSR count). The van der Waals surface area contributed by atoms with Crippen molar-refractivity contribution < 1.29 is 4.74 Å². The molecule has 0 saturated heterocycles. The molecule has 112 valence electrons. The van der Waals surface area contributed by atoms with Crippen molar-refractivity contribution in [2.45, 2.75) is 26.8 Å². The van der Waals surface area contributed by atoms with Crippen LogP contribution in [0.15, 0.2) is 36.4 Å². The molecule has 2 aromatic carbocycles. The van der Waals surface area contributed by atoms with Gasteiger partial charge in [0.25, 0.3) is 0 Å². The molecule has 2 aromatic rings. The van der Waals surface area contributed by atoms with Crippen LogP contribution in [0.5, 0.6) is 11.5 Å². The molecule has 0 atom stereocenters. The molecule has 0 bridgehead atoms. The predicted octanol–water partition coefficient (Wildman–Crippen LogP) is 5.59. The lowest BCUT2D eigenvalue weighted by molar-refractivity contribution is 0.473. The number of halogens is 2. The predicted molar refractivity (Wildman–Crippen MR) is 89.7 cm³/mol. The second-order valence-electron chi connectivity index (χ2n) is 4.94. The third-order valence-corrected chi connectivity index (χ3v) is 3.68. The summed E-state index contributed by atoms with van der Waals surface area (Å²) in [4.78, 5) is 0. The van der Waals surface area contributed by atoms with Gasteiger partial charge >= 0.3 is 0 Å². The van der Waals surface area contributed by atoms with Crippen molar-refractivity contribution in [1.82, 2.24) is 5.32 Å². The molecule has 0 aliphatic heterocycles. The van der Waals surface area contributed by atoms with Crippen molar-refractivity contribution in [2.75, 3.05) is 6.54 Å². The summed E-state index contributed by atoms with van der Waals surface area (Å²) in [5, 5.41) is 4.53. The van der Waals surface area contributed by atoms with Gasteiger partial charge in [-0.2, -0.15) is 0 Å². The zero-order valence-corrected chi connectivity index (χ0v) is 13.8. The minimum Gasteiger partial charge on any atom is -0.454 e. The van der Waals surface area contributed by atoms with E-state index in [-0.39, 0.29) is 0 Å². The number of hydrogen-bond acceptors (Lipinski definition) is 2. The van der Waals surface area contributed by atoms with Gasteiger partial charge in [0, 0.05) is 12.1 Å². The Bertz CT molecular complexity index is 614. The van der Waals surface area contributed by atoms with Crippen LogP contribution in [0.2, 0.25) is 10.0 Å². The van der Waals surface area contributed by atoms with E-state index < -0.39 is 0 Å². The molecule has 1 N–H and O–H groups in total. The lowest BCUT2D eigenvalue weighted by Crippen LogP contribution is -2.14. The van der Waals surface area contributed by atoms with Crippen LogP contribution in [0.3, 0.4) is 0 Å². The van der Waals surface area contributed by atoms with Crippen LogP contribution in [-0.2, 0) is 6.54 Å². The number of benzene rings is 2. The van der Waals surface area contributed by atoms with Gasteiger partial charge in [-0.25, -0.2) is 0 Å². The van der Waals surface area contributed by atoms with Crippen molar-refractivity contribution in [3.63, 3.8) is 0 Å². The van der Waals surface area contributed by atoms with Gasteiger partial charge in [-0.05, 0) is 43.7 Å². The van der Waals surface area contributed by atoms with Gasteiger partial charge in [0.05, 0.1) is 10.0 Å². The lowest BCUT2D eigenvalue weighted by atomic mass is 10.2. The van der Waals surface area contributed by atoms with E-state index in [0.717, 1.165) is 24.1 Å². The lowest BCUT2D eigenvalue weighted by Gasteiger charge is -2.14. The molecule has 0 fully saturated rings. The quantitative estimate of drug-likeness (QED) is 0.699. The molecule has 4 heteroatoms. The average molecular weight is 324 g/mol. The maximum absolute atomic E-state index is 6.28. The van der Waals surface area contributed by atoms with Crippen molar-refractivity contribution in [3.8, 4) is 11.5 Å². The fourth-order valence-electron chi connectivity index (χ4n) is 2.01. The van der Waals surface area contributed by atoms with E-state index >= 15 is 0 Å². The third kappa shape index (κ3) is 4.37. The molecule has 0 saturated carbocycles. The van der Waals surface area contributed by atoms with Crippen LogP contribution in [0.4, 0.5) is 0 Å². The summed E-state index contributed by atoms with van der Waals surface area (Å²) < 4.78 is 5.95. The Balaban J connectivity index is 2.25. The van der Waals surface area contributed by atoms with Crippen LogP contribution in [0, 0.1) is 6.92 Å². The van der Waals surface area contributed by atoms with E-state index in [2.05, 4.69) is 12.2 Å². The minimum atomic E-state index is 0.586. The summed E-state index contributed by atoms with van der Waals surface area (Å²) in [5.74, 6) is 1.28. The van der Waals surface area contributed by atoms with Gasteiger partial charge < -0.3 is 10.1 Å². The zero-order valence-electron chi connectivity index (χ0n) is 12.2. The summed E-state index contributed by atoms with van der Waals surface area (Å²) in [5.41, 5.74) is 2.11. The van der Waals surface area contributed by atoms with E-state index in [4.69, 9.17) is 27.9 Å². The molecule has 21 heavy (non-hydrogen) atoms. The first kappa shape index (κ1) is 16.2. The summed E-state index contributed by atoms with van der Waals surface area (Å²) in [6.45, 7) is 5.80. The highest BCUT2D eigenvalue weighted by molar-refractivity contribution is 6.33. The summed E-state index contributed by atoms with van der Waals surface area (Å²) in [7, 11) is 0. The number of hydrogen-bond donors (Lipinski definition) is 1. The molecular formula is C17H19Cl2NO. The highest BCUT2D eigenvalue weighted by Gasteiger charge is 2.11. The molecule has 0 aromatic heterocycles. The van der Waals surface area contributed by atoms with Gasteiger partial charge in [-0.15, -0.1) is 0 Å². The average Bonchev–Trinajstić information content (AvgIpc) is 2.45. The van der Waals surface area contributed by atoms with Gasteiger partial charge in [-0.1, -0.05) is 48.3 Å². The Kier molecular flexibility index (Phi) is 5.92. The summed E-state index contributed by atoms with van der Waals surface area (Å²) in [6.07, 6.45) is 1.08. The Labute approximate surface area is 136 Å². The molecule has 0 spiro atoms. The minimum absolute atomic E-state index is 0.586. The van der Waals surface area contributed by atoms with Gasteiger partial charge in [0.2, 0.25) is 0 Å². The standard InChI is InChI=1S/C17H19Cl2NO/c1-3-9-20-11-13-5-4-6-14(18)17(13)21-16-8-7-12(2)10-15(16)19/h4-8,10,20H,3,9,11H2,1-2H3. The largest absolute Gasteiger partial charge is 0.454 e. The Morgan fingerprint density at radius 1 is 1.10 bits per heavy atom. The number of rotatable bonds is 6. The van der Waals surface area contributed by atoms with Crippen LogP contribution < -0.4 is 10.1 Å². The second-order valence-corrected chi connectivity index (χ2v) is 5.76. The first-order valence-corrected chi connectivity index (χ1v) is 7.79. The highest BCUT2D eigenvalue weighted by atomic mass is 35.5. The number of nitrogens with one attached hydrogen (secondary N) is 1. The number of para-hydroxylation sites is 1. The van der Waals surface area contributed by atoms with Gasteiger partial charge in [0.1, 0.15) is 5.75 Å². The summed E-state index contributed by atoms with van der Waals surface area (Å²) >= 11 is 12.5. The number of aryl methyl sites for hydroxylation is 1. The molecule has 2 nitrogen and oxygen atoms in total. The monoisotopic (exact) mass is 323 g/mol. The molecule has 0 aliphatic carbocycles. The van der Waals surface area contributed by atoms with Crippen molar-refractivity contribution in [2.24, 2.45) is 0 Å². The highest BCUT2D eigenvalue weighted by Crippen LogP contribution is 2.36. The van der Waals surface area contributed by atoms with Gasteiger partial charge in [0.15, 0.2) is 5.75 Å². The molecule has 0 amide bonds. The molecular weight excluding hydrogens is 305 g/mol. The molecule has 0 aliphatic rings. The van der Waals surface area contributed by atoms with E-state index in [1.165, 1.54) is 0 Å².